The first-order valence-electron chi connectivity index (χ1n) is 5.49. The monoisotopic (exact) mass is 209 g/mol. The fourth-order valence-corrected chi connectivity index (χ4v) is 1.37. The normalized spacial score (nSPS) is 20.1. The third kappa shape index (κ3) is 6.12. The van der Waals surface area contributed by atoms with Crippen LogP contribution in [0.25, 0.3) is 0 Å². The molecule has 0 saturated carbocycles. The van der Waals surface area contributed by atoms with Gasteiger partial charge < -0.3 is 9.47 Å². The van der Waals surface area contributed by atoms with Gasteiger partial charge >= 0.3 is 0 Å². The summed E-state index contributed by atoms with van der Waals surface area (Å²) in [5.74, 6) is 5.91. The summed E-state index contributed by atoms with van der Waals surface area (Å²) in [5, 5.41) is 8.30. The van der Waals surface area contributed by atoms with Gasteiger partial charge in [0.2, 0.25) is 0 Å². The van der Waals surface area contributed by atoms with Crippen molar-refractivity contribution in [1.29, 1.82) is 5.26 Å². The Balaban J connectivity index is 1.97. The fourth-order valence-electron chi connectivity index (χ4n) is 1.37. The van der Waals surface area contributed by atoms with Crippen LogP contribution in [0.1, 0.15) is 38.5 Å². The Labute approximate surface area is 91.4 Å². The Morgan fingerprint density at radius 2 is 2.33 bits per heavy atom. The minimum Gasteiger partial charge on any atom is -0.353 e. The molecule has 0 amide bonds. The van der Waals surface area contributed by atoms with E-state index in [0.717, 1.165) is 32.3 Å². The van der Waals surface area contributed by atoms with Crippen molar-refractivity contribution in [2.75, 3.05) is 13.2 Å². The van der Waals surface area contributed by atoms with E-state index in [4.69, 9.17) is 14.7 Å². The molecule has 82 valence electrons. The fraction of sp³-hybridized carbons (Fsp3) is 0.750. The van der Waals surface area contributed by atoms with Crippen LogP contribution < -0.4 is 0 Å². The van der Waals surface area contributed by atoms with Crippen molar-refractivity contribution in [3.8, 4) is 17.9 Å². The zero-order valence-corrected chi connectivity index (χ0v) is 9.00. The highest BCUT2D eigenvalue weighted by atomic mass is 16.7. The van der Waals surface area contributed by atoms with E-state index >= 15 is 0 Å². The van der Waals surface area contributed by atoms with Gasteiger partial charge in [-0.15, -0.1) is 5.92 Å². The van der Waals surface area contributed by atoms with E-state index in [1.165, 1.54) is 6.42 Å². The summed E-state index contributed by atoms with van der Waals surface area (Å²) in [6.07, 6.45) is 5.47. The summed E-state index contributed by atoms with van der Waals surface area (Å²) in [7, 11) is 0. The lowest BCUT2D eigenvalue weighted by atomic mass is 10.2. The standard InChI is InChI=1S/C12H17NO2/c13-9-5-2-1-3-6-10-14-12-8-4-7-11-15-12/h12H,1-2,4-5,7-8,10-11H2/i9+2. The van der Waals surface area contributed by atoms with Crippen LogP contribution in [0.15, 0.2) is 0 Å². The van der Waals surface area contributed by atoms with Crippen LogP contribution in [0, 0.1) is 23.2 Å². The topological polar surface area (TPSA) is 42.2 Å². The minimum absolute atomic E-state index is 0.0489. The molecule has 1 unspecified atom stereocenters. The Bertz CT molecular complexity index is 253. The summed E-state index contributed by atoms with van der Waals surface area (Å²) >= 11 is 0. The SMILES string of the molecule is N#[14C]CCCC#CCOC1CCCCO1. The molecule has 0 aromatic carbocycles. The van der Waals surface area contributed by atoms with Crippen molar-refractivity contribution in [3.05, 3.63) is 0 Å². The second-order valence-electron chi connectivity index (χ2n) is 3.47. The Kier molecular flexibility index (Phi) is 6.66. The van der Waals surface area contributed by atoms with Gasteiger partial charge in [-0.1, -0.05) is 5.92 Å². The van der Waals surface area contributed by atoms with Crippen LogP contribution in [0.2, 0.25) is 0 Å². The lowest BCUT2D eigenvalue weighted by molar-refractivity contribution is -0.154. The zero-order valence-electron chi connectivity index (χ0n) is 9.00. The Morgan fingerprint density at radius 1 is 1.40 bits per heavy atom. The van der Waals surface area contributed by atoms with Crippen LogP contribution in [0.3, 0.4) is 0 Å². The van der Waals surface area contributed by atoms with Crippen molar-refractivity contribution >= 4 is 0 Å². The number of hydrogen-bond acceptors (Lipinski definition) is 3. The number of nitrogens with zero attached hydrogens (tertiary/aromatic N) is 1. The van der Waals surface area contributed by atoms with Gasteiger partial charge in [-0.25, -0.2) is 0 Å². The van der Waals surface area contributed by atoms with Crippen LogP contribution in [0.4, 0.5) is 0 Å². The highest BCUT2D eigenvalue weighted by molar-refractivity contribution is 4.99. The van der Waals surface area contributed by atoms with Crippen LogP contribution in [0.5, 0.6) is 0 Å². The Morgan fingerprint density at radius 3 is 3.07 bits per heavy atom. The summed E-state index contributed by atoms with van der Waals surface area (Å²) in [6.45, 7) is 1.25. The molecule has 15 heavy (non-hydrogen) atoms. The molecule has 1 fully saturated rings. The van der Waals surface area contributed by atoms with Gasteiger partial charge in [0, 0.05) is 19.4 Å². The predicted molar refractivity (Wildman–Crippen MR) is 56.8 cm³/mol. The largest absolute Gasteiger partial charge is 0.353 e. The maximum absolute atomic E-state index is 8.30. The van der Waals surface area contributed by atoms with Crippen LogP contribution >= 0.6 is 0 Å². The lowest BCUT2D eigenvalue weighted by Gasteiger charge is -2.21. The van der Waals surface area contributed by atoms with Gasteiger partial charge in [-0.2, -0.15) is 5.26 Å². The molecule has 0 aromatic rings. The second kappa shape index (κ2) is 8.29. The van der Waals surface area contributed by atoms with Gasteiger partial charge in [0.1, 0.15) is 6.61 Å². The van der Waals surface area contributed by atoms with Crippen LogP contribution in [-0.2, 0) is 9.47 Å². The summed E-state index contributed by atoms with van der Waals surface area (Å²) in [4.78, 5) is 0. The van der Waals surface area contributed by atoms with Crippen molar-refractivity contribution in [3.63, 3.8) is 0 Å². The highest BCUT2D eigenvalue weighted by Crippen LogP contribution is 2.12. The first kappa shape index (κ1) is 12.0. The summed E-state index contributed by atoms with van der Waals surface area (Å²) in [6, 6.07) is 2.09. The number of unbranched alkanes of at least 4 members (excludes halogenated alkanes) is 2. The van der Waals surface area contributed by atoms with Crippen molar-refractivity contribution in [2.45, 2.75) is 44.8 Å². The van der Waals surface area contributed by atoms with E-state index in [9.17, 15) is 0 Å². The maximum atomic E-state index is 8.30. The summed E-state index contributed by atoms with van der Waals surface area (Å²) < 4.78 is 10.8. The first-order valence-corrected chi connectivity index (χ1v) is 5.49. The van der Waals surface area contributed by atoms with E-state index in [2.05, 4.69) is 17.9 Å². The van der Waals surface area contributed by atoms with E-state index < -0.39 is 0 Å². The first-order chi connectivity index (χ1) is 7.43. The van der Waals surface area contributed by atoms with Gasteiger partial charge in [0.25, 0.3) is 0 Å². The number of ether oxygens (including phenoxy) is 2. The van der Waals surface area contributed by atoms with E-state index in [0.29, 0.717) is 13.0 Å². The zero-order chi connectivity index (χ0) is 10.8. The van der Waals surface area contributed by atoms with E-state index in [-0.39, 0.29) is 6.29 Å². The second-order valence-corrected chi connectivity index (χ2v) is 3.47. The van der Waals surface area contributed by atoms with Gasteiger partial charge in [-0.05, 0) is 25.7 Å². The molecule has 0 N–H and O–H groups in total. The number of rotatable bonds is 4. The molecule has 1 aliphatic rings. The molecule has 1 saturated heterocycles. The van der Waals surface area contributed by atoms with Gasteiger partial charge in [0.05, 0.1) is 6.07 Å². The molecule has 1 rings (SSSR count). The minimum atomic E-state index is -0.0489. The molecule has 1 atom stereocenters. The lowest BCUT2D eigenvalue weighted by Crippen LogP contribution is -2.22. The van der Waals surface area contributed by atoms with Gasteiger partial charge in [-0.3, -0.25) is 0 Å². The third-order valence-corrected chi connectivity index (χ3v) is 2.19. The van der Waals surface area contributed by atoms with Crippen molar-refractivity contribution in [1.82, 2.24) is 0 Å². The van der Waals surface area contributed by atoms with Crippen LogP contribution in [-0.4, -0.2) is 19.5 Å². The average molecular weight is 209 g/mol. The molecule has 0 bridgehead atoms. The molecule has 3 heteroatoms. The molecule has 0 aliphatic carbocycles. The van der Waals surface area contributed by atoms with Gasteiger partial charge in [0.15, 0.2) is 6.29 Å². The smallest absolute Gasteiger partial charge is 0.158 e. The molecule has 0 radical (unpaired) electrons. The quantitative estimate of drug-likeness (QED) is 0.526. The molecule has 0 aromatic heterocycles. The maximum Gasteiger partial charge on any atom is 0.158 e. The Hall–Kier alpha value is -1.03. The molecular weight excluding hydrogens is 192 g/mol. The van der Waals surface area contributed by atoms with E-state index in [1.54, 1.807) is 0 Å². The van der Waals surface area contributed by atoms with Crippen molar-refractivity contribution in [2.24, 2.45) is 0 Å². The molecular formula is C12H17NO2. The molecule has 1 aliphatic heterocycles. The molecule has 3 nitrogen and oxygen atoms in total. The van der Waals surface area contributed by atoms with E-state index in [1.807, 2.05) is 0 Å². The third-order valence-electron chi connectivity index (χ3n) is 2.19. The van der Waals surface area contributed by atoms with Crippen molar-refractivity contribution < 1.29 is 9.47 Å². The number of hydrogen-bond donors (Lipinski definition) is 0. The summed E-state index contributed by atoms with van der Waals surface area (Å²) in [5.41, 5.74) is 0. The number of nitriles is 1. The predicted octanol–water partition coefficient (Wildman–Crippen LogP) is 2.23. The molecule has 1 heterocycles. The molecule has 0 spiro atoms. The average Bonchev–Trinajstić information content (AvgIpc) is 2.29. The highest BCUT2D eigenvalue weighted by Gasteiger charge is 2.12.